The van der Waals surface area contributed by atoms with Crippen molar-refractivity contribution in [1.29, 1.82) is 0 Å². The molecule has 146 valence electrons. The molecule has 0 saturated carbocycles. The Balaban J connectivity index is 2.13. The van der Waals surface area contributed by atoms with E-state index in [0.29, 0.717) is 35.7 Å². The third-order valence-electron chi connectivity index (χ3n) is 4.59. The van der Waals surface area contributed by atoms with Gasteiger partial charge in [0, 0.05) is 17.8 Å². The number of aliphatic imine (C=N–C) groups is 1. The predicted molar refractivity (Wildman–Crippen MR) is 110 cm³/mol. The second-order valence-electron chi connectivity index (χ2n) is 6.27. The molecule has 2 aromatic rings. The first-order valence-corrected chi connectivity index (χ1v) is 8.98. The number of hydrogen-bond donors (Lipinski definition) is 2. The molecule has 0 amide bonds. The van der Waals surface area contributed by atoms with E-state index in [1.807, 2.05) is 12.1 Å². The van der Waals surface area contributed by atoms with Crippen molar-refractivity contribution in [2.45, 2.75) is 32.7 Å². The van der Waals surface area contributed by atoms with Gasteiger partial charge in [0.1, 0.15) is 17.2 Å². The van der Waals surface area contributed by atoms with Gasteiger partial charge in [0.15, 0.2) is 5.96 Å². The molecule has 0 heterocycles. The van der Waals surface area contributed by atoms with Gasteiger partial charge in [0.2, 0.25) is 0 Å². The number of methoxy groups -OCH3 is 3. The van der Waals surface area contributed by atoms with Crippen molar-refractivity contribution in [3.8, 4) is 17.2 Å². The molecule has 0 radical (unpaired) electrons. The average molecular weight is 371 g/mol. The van der Waals surface area contributed by atoms with E-state index in [-0.39, 0.29) is 0 Å². The average Bonchev–Trinajstić information content (AvgIpc) is 2.71. The minimum atomic E-state index is 0.320. The number of benzene rings is 2. The SMILES string of the molecule is CCC(C)c1ccc(NC(N)=NCc2c(OC)cc(OC)cc2OC)cc1. The molecule has 1 unspecified atom stereocenters. The standard InChI is InChI=1S/C21H29N3O3/c1-6-14(2)15-7-9-16(10-8-15)24-21(22)23-13-18-19(26-4)11-17(25-3)12-20(18)27-5/h7-12,14H,6,13H2,1-5H3,(H3,22,23,24). The molecule has 0 aliphatic carbocycles. The van der Waals surface area contributed by atoms with Crippen LogP contribution in [0, 0.1) is 0 Å². The van der Waals surface area contributed by atoms with Crippen LogP contribution in [0.2, 0.25) is 0 Å². The van der Waals surface area contributed by atoms with Crippen molar-refractivity contribution < 1.29 is 14.2 Å². The number of rotatable bonds is 8. The third-order valence-corrected chi connectivity index (χ3v) is 4.59. The van der Waals surface area contributed by atoms with Gasteiger partial charge >= 0.3 is 0 Å². The number of nitrogens with zero attached hydrogens (tertiary/aromatic N) is 1. The molecule has 0 aliphatic heterocycles. The monoisotopic (exact) mass is 371 g/mol. The van der Waals surface area contributed by atoms with E-state index in [1.165, 1.54) is 5.56 Å². The Morgan fingerprint density at radius 3 is 2.11 bits per heavy atom. The molecule has 6 nitrogen and oxygen atoms in total. The summed E-state index contributed by atoms with van der Waals surface area (Å²) < 4.78 is 16.1. The van der Waals surface area contributed by atoms with Gasteiger partial charge in [-0.1, -0.05) is 26.0 Å². The maximum absolute atomic E-state index is 6.05. The molecule has 0 aromatic heterocycles. The zero-order valence-corrected chi connectivity index (χ0v) is 16.7. The van der Waals surface area contributed by atoms with E-state index in [4.69, 9.17) is 19.9 Å². The Bertz CT molecular complexity index is 748. The fraction of sp³-hybridized carbons (Fsp3) is 0.381. The zero-order valence-electron chi connectivity index (χ0n) is 16.7. The highest BCUT2D eigenvalue weighted by atomic mass is 16.5. The fourth-order valence-corrected chi connectivity index (χ4v) is 2.72. The quantitative estimate of drug-likeness (QED) is 0.538. The highest BCUT2D eigenvalue weighted by Crippen LogP contribution is 2.34. The van der Waals surface area contributed by atoms with E-state index in [2.05, 4.69) is 36.3 Å². The maximum Gasteiger partial charge on any atom is 0.193 e. The second-order valence-corrected chi connectivity index (χ2v) is 6.27. The summed E-state index contributed by atoms with van der Waals surface area (Å²) in [5, 5.41) is 3.12. The lowest BCUT2D eigenvalue weighted by molar-refractivity contribution is 0.369. The van der Waals surface area contributed by atoms with Crippen LogP contribution in [0.25, 0.3) is 0 Å². The molecule has 0 aliphatic rings. The normalized spacial score (nSPS) is 12.4. The van der Waals surface area contributed by atoms with Gasteiger partial charge in [-0.2, -0.15) is 0 Å². The summed E-state index contributed by atoms with van der Waals surface area (Å²) in [5.74, 6) is 2.80. The Labute approximate surface area is 161 Å². The lowest BCUT2D eigenvalue weighted by Gasteiger charge is -2.14. The van der Waals surface area contributed by atoms with E-state index in [0.717, 1.165) is 17.7 Å². The Kier molecular flexibility index (Phi) is 7.34. The van der Waals surface area contributed by atoms with Crippen LogP contribution < -0.4 is 25.3 Å². The fourth-order valence-electron chi connectivity index (χ4n) is 2.72. The van der Waals surface area contributed by atoms with Crippen LogP contribution in [0.15, 0.2) is 41.4 Å². The summed E-state index contributed by atoms with van der Waals surface area (Å²) in [5.41, 5.74) is 9.06. The first kappa shape index (κ1) is 20.4. The minimum absolute atomic E-state index is 0.320. The molecule has 0 fully saturated rings. The van der Waals surface area contributed by atoms with Gasteiger partial charge in [-0.25, -0.2) is 4.99 Å². The van der Waals surface area contributed by atoms with Gasteiger partial charge in [0.25, 0.3) is 0 Å². The number of hydrogen-bond acceptors (Lipinski definition) is 4. The number of guanidine groups is 1. The van der Waals surface area contributed by atoms with Crippen molar-refractivity contribution in [3.63, 3.8) is 0 Å². The topological polar surface area (TPSA) is 78.1 Å². The van der Waals surface area contributed by atoms with Crippen molar-refractivity contribution in [3.05, 3.63) is 47.5 Å². The van der Waals surface area contributed by atoms with Crippen molar-refractivity contribution in [2.24, 2.45) is 10.7 Å². The Hall–Kier alpha value is -2.89. The van der Waals surface area contributed by atoms with Crippen molar-refractivity contribution in [1.82, 2.24) is 0 Å². The van der Waals surface area contributed by atoms with Gasteiger partial charge < -0.3 is 25.3 Å². The van der Waals surface area contributed by atoms with Gasteiger partial charge in [-0.05, 0) is 30.0 Å². The number of ether oxygens (including phenoxy) is 3. The zero-order chi connectivity index (χ0) is 19.8. The first-order valence-electron chi connectivity index (χ1n) is 8.98. The second kappa shape index (κ2) is 9.71. The van der Waals surface area contributed by atoms with E-state index >= 15 is 0 Å². The smallest absolute Gasteiger partial charge is 0.193 e. The van der Waals surface area contributed by atoms with E-state index in [9.17, 15) is 0 Å². The molecule has 3 N–H and O–H groups in total. The highest BCUT2D eigenvalue weighted by Gasteiger charge is 2.13. The lowest BCUT2D eigenvalue weighted by Crippen LogP contribution is -2.22. The van der Waals surface area contributed by atoms with Crippen LogP contribution >= 0.6 is 0 Å². The number of anilines is 1. The summed E-state index contributed by atoms with van der Waals surface area (Å²) in [6.07, 6.45) is 1.11. The van der Waals surface area contributed by atoms with Crippen LogP contribution in [0.3, 0.4) is 0 Å². The molecule has 27 heavy (non-hydrogen) atoms. The molecule has 0 saturated heterocycles. The predicted octanol–water partition coefficient (Wildman–Crippen LogP) is 4.15. The summed E-state index contributed by atoms with van der Waals surface area (Å²) in [6.45, 7) is 4.72. The Morgan fingerprint density at radius 1 is 1.04 bits per heavy atom. The lowest BCUT2D eigenvalue weighted by atomic mass is 9.99. The number of nitrogens with two attached hydrogens (primary N) is 1. The summed E-state index contributed by atoms with van der Waals surface area (Å²) in [6, 6.07) is 11.8. The van der Waals surface area contributed by atoms with Gasteiger partial charge in [-0.15, -0.1) is 0 Å². The van der Waals surface area contributed by atoms with Crippen LogP contribution in [0.1, 0.15) is 37.3 Å². The molecule has 6 heteroatoms. The van der Waals surface area contributed by atoms with Crippen LogP contribution in [-0.4, -0.2) is 27.3 Å². The molecule has 2 aromatic carbocycles. The third kappa shape index (κ3) is 5.29. The minimum Gasteiger partial charge on any atom is -0.496 e. The van der Waals surface area contributed by atoms with Crippen LogP contribution in [0.4, 0.5) is 5.69 Å². The molecular weight excluding hydrogens is 342 g/mol. The van der Waals surface area contributed by atoms with Gasteiger partial charge in [0.05, 0.1) is 33.4 Å². The van der Waals surface area contributed by atoms with Crippen LogP contribution in [-0.2, 0) is 6.54 Å². The van der Waals surface area contributed by atoms with E-state index in [1.54, 1.807) is 33.5 Å². The largest absolute Gasteiger partial charge is 0.496 e. The number of nitrogens with one attached hydrogen (secondary N) is 1. The van der Waals surface area contributed by atoms with Gasteiger partial charge in [-0.3, -0.25) is 0 Å². The van der Waals surface area contributed by atoms with Crippen LogP contribution in [0.5, 0.6) is 17.2 Å². The molecule has 0 bridgehead atoms. The summed E-state index contributed by atoms with van der Waals surface area (Å²) >= 11 is 0. The highest BCUT2D eigenvalue weighted by molar-refractivity contribution is 5.92. The molecule has 1 atom stereocenters. The molecule has 0 spiro atoms. The summed E-state index contributed by atoms with van der Waals surface area (Å²) in [4.78, 5) is 4.42. The molecule has 2 rings (SSSR count). The first-order chi connectivity index (χ1) is 13.0. The van der Waals surface area contributed by atoms with Crippen molar-refractivity contribution in [2.75, 3.05) is 26.6 Å². The Morgan fingerprint density at radius 2 is 1.63 bits per heavy atom. The van der Waals surface area contributed by atoms with Crippen molar-refractivity contribution >= 4 is 11.6 Å². The summed E-state index contributed by atoms with van der Waals surface area (Å²) in [7, 11) is 4.80. The molecular formula is C21H29N3O3. The van der Waals surface area contributed by atoms with E-state index < -0.39 is 0 Å². The maximum atomic E-state index is 6.05.